The predicted octanol–water partition coefficient (Wildman–Crippen LogP) is -0.259. The van der Waals surface area contributed by atoms with E-state index in [0.717, 1.165) is 0 Å². The molecule has 0 saturated carbocycles. The third-order valence-corrected chi connectivity index (χ3v) is 2.75. The summed E-state index contributed by atoms with van der Waals surface area (Å²) in [6, 6.07) is 0. The molecule has 1 atom stereocenters. The largest absolute Gasteiger partial charge is 0.388 e. The molecule has 1 N–H and O–H groups in total. The van der Waals surface area contributed by atoms with Crippen LogP contribution in [0.5, 0.6) is 0 Å². The third-order valence-electron chi connectivity index (χ3n) is 2.75. The fraction of sp³-hybridized carbons (Fsp3) is 0.600. The topological polar surface area (TPSA) is 58.4 Å². The van der Waals surface area contributed by atoms with Crippen molar-refractivity contribution in [2.45, 2.75) is 18.9 Å². The molecule has 1 aromatic rings. The van der Waals surface area contributed by atoms with Gasteiger partial charge < -0.3 is 14.6 Å². The monoisotopic (exact) mass is 209 g/mol. The van der Waals surface area contributed by atoms with E-state index in [0.29, 0.717) is 25.3 Å². The summed E-state index contributed by atoms with van der Waals surface area (Å²) in [4.78, 5) is 17.6. The second kappa shape index (κ2) is 3.34. The fourth-order valence-corrected chi connectivity index (χ4v) is 1.83. The summed E-state index contributed by atoms with van der Waals surface area (Å²) in [6.07, 6.45) is 3.90. The molecular weight excluding hydrogens is 194 g/mol. The Morgan fingerprint density at radius 2 is 2.33 bits per heavy atom. The van der Waals surface area contributed by atoms with Gasteiger partial charge in [0.25, 0.3) is 5.56 Å². The van der Waals surface area contributed by atoms with Crippen molar-refractivity contribution < 1.29 is 5.11 Å². The molecular formula is C10H15N3O2. The molecule has 1 saturated heterocycles. The van der Waals surface area contributed by atoms with Crippen molar-refractivity contribution in [3.8, 4) is 0 Å². The smallest absolute Gasteiger partial charge is 0.293 e. The van der Waals surface area contributed by atoms with E-state index in [1.165, 1.54) is 4.57 Å². The summed E-state index contributed by atoms with van der Waals surface area (Å²) >= 11 is 0. The summed E-state index contributed by atoms with van der Waals surface area (Å²) in [5.74, 6) is 0.428. The molecule has 2 rings (SSSR count). The number of anilines is 1. The van der Waals surface area contributed by atoms with E-state index in [-0.39, 0.29) is 5.56 Å². The molecule has 15 heavy (non-hydrogen) atoms. The first-order valence-corrected chi connectivity index (χ1v) is 4.99. The quantitative estimate of drug-likeness (QED) is 0.692. The molecule has 1 fully saturated rings. The van der Waals surface area contributed by atoms with Gasteiger partial charge in [-0.25, -0.2) is 4.98 Å². The molecule has 0 spiro atoms. The predicted molar refractivity (Wildman–Crippen MR) is 56.9 cm³/mol. The van der Waals surface area contributed by atoms with E-state index >= 15 is 0 Å². The molecule has 2 heterocycles. The first-order chi connectivity index (χ1) is 6.99. The lowest BCUT2D eigenvalue weighted by molar-refractivity contribution is 0.0839. The molecule has 0 radical (unpaired) electrons. The van der Waals surface area contributed by atoms with Crippen LogP contribution in [0.1, 0.15) is 13.3 Å². The highest BCUT2D eigenvalue weighted by molar-refractivity contribution is 5.38. The van der Waals surface area contributed by atoms with Crippen LogP contribution >= 0.6 is 0 Å². The molecule has 0 aliphatic carbocycles. The van der Waals surface area contributed by atoms with Crippen molar-refractivity contribution in [2.24, 2.45) is 7.05 Å². The molecule has 0 bridgehead atoms. The lowest BCUT2D eigenvalue weighted by Crippen LogP contribution is -2.34. The number of nitrogens with zero attached hydrogens (tertiary/aromatic N) is 3. The van der Waals surface area contributed by atoms with Gasteiger partial charge in [0.15, 0.2) is 5.82 Å². The molecule has 1 aromatic heterocycles. The maximum Gasteiger partial charge on any atom is 0.293 e. The van der Waals surface area contributed by atoms with Crippen molar-refractivity contribution in [3.63, 3.8) is 0 Å². The Balaban J connectivity index is 2.32. The van der Waals surface area contributed by atoms with Gasteiger partial charge >= 0.3 is 0 Å². The molecule has 5 nitrogen and oxygen atoms in total. The fourth-order valence-electron chi connectivity index (χ4n) is 1.83. The first kappa shape index (κ1) is 10.2. The zero-order valence-corrected chi connectivity index (χ0v) is 8.97. The summed E-state index contributed by atoms with van der Waals surface area (Å²) < 4.78 is 1.50. The van der Waals surface area contributed by atoms with Gasteiger partial charge in [0.1, 0.15) is 0 Å². The highest BCUT2D eigenvalue weighted by Crippen LogP contribution is 2.22. The normalized spacial score (nSPS) is 25.9. The zero-order chi connectivity index (χ0) is 11.1. The molecule has 1 aliphatic heterocycles. The van der Waals surface area contributed by atoms with Crippen LogP contribution in [-0.4, -0.2) is 33.3 Å². The van der Waals surface area contributed by atoms with Gasteiger partial charge in [0.05, 0.1) is 5.60 Å². The number of aliphatic hydroxyl groups is 1. The van der Waals surface area contributed by atoms with Gasteiger partial charge in [-0.3, -0.25) is 4.79 Å². The van der Waals surface area contributed by atoms with Gasteiger partial charge in [-0.2, -0.15) is 0 Å². The van der Waals surface area contributed by atoms with Gasteiger partial charge in [-0.05, 0) is 13.3 Å². The van der Waals surface area contributed by atoms with E-state index in [9.17, 15) is 9.90 Å². The Labute approximate surface area is 88.0 Å². The van der Waals surface area contributed by atoms with Gasteiger partial charge in [0, 0.05) is 32.5 Å². The lowest BCUT2D eigenvalue weighted by Gasteiger charge is -2.19. The number of aryl methyl sites for hydroxylation is 1. The van der Waals surface area contributed by atoms with Crippen molar-refractivity contribution in [3.05, 3.63) is 22.7 Å². The van der Waals surface area contributed by atoms with Crippen LogP contribution in [0.3, 0.4) is 0 Å². The molecule has 0 aromatic carbocycles. The minimum atomic E-state index is -0.706. The summed E-state index contributed by atoms with van der Waals surface area (Å²) in [6.45, 7) is 2.93. The van der Waals surface area contributed by atoms with Crippen molar-refractivity contribution in [1.82, 2.24) is 9.55 Å². The number of hydrogen-bond acceptors (Lipinski definition) is 4. The average Bonchev–Trinajstić information content (AvgIpc) is 2.51. The van der Waals surface area contributed by atoms with E-state index < -0.39 is 5.60 Å². The van der Waals surface area contributed by atoms with Crippen molar-refractivity contribution in [1.29, 1.82) is 0 Å². The van der Waals surface area contributed by atoms with E-state index in [4.69, 9.17) is 0 Å². The lowest BCUT2D eigenvalue weighted by atomic mass is 10.1. The maximum absolute atomic E-state index is 11.7. The number of aromatic nitrogens is 2. The Kier molecular flexibility index (Phi) is 2.26. The van der Waals surface area contributed by atoms with Gasteiger partial charge in [-0.15, -0.1) is 0 Å². The number of β-amino-alcohol motifs (C(OH)–C–C–N with tert-alkyl or cyclic N) is 1. The van der Waals surface area contributed by atoms with Crippen LogP contribution in [0.4, 0.5) is 5.82 Å². The highest BCUT2D eigenvalue weighted by atomic mass is 16.3. The molecule has 82 valence electrons. The van der Waals surface area contributed by atoms with Crippen LogP contribution in [-0.2, 0) is 7.05 Å². The Bertz CT molecular complexity index is 425. The van der Waals surface area contributed by atoms with Crippen molar-refractivity contribution in [2.75, 3.05) is 18.0 Å². The van der Waals surface area contributed by atoms with Crippen LogP contribution in [0.2, 0.25) is 0 Å². The van der Waals surface area contributed by atoms with Crippen molar-refractivity contribution >= 4 is 5.82 Å². The molecule has 1 aliphatic rings. The van der Waals surface area contributed by atoms with Crippen LogP contribution < -0.4 is 10.5 Å². The SMILES string of the molecule is Cn1ccnc(N2CCC(C)(O)C2)c1=O. The number of rotatable bonds is 1. The van der Waals surface area contributed by atoms with Crippen LogP contribution in [0.15, 0.2) is 17.2 Å². The summed E-state index contributed by atoms with van der Waals surface area (Å²) in [7, 11) is 1.70. The molecule has 5 heteroatoms. The average molecular weight is 209 g/mol. The van der Waals surface area contributed by atoms with E-state index in [1.54, 1.807) is 26.4 Å². The van der Waals surface area contributed by atoms with Gasteiger partial charge in [-0.1, -0.05) is 0 Å². The van der Waals surface area contributed by atoms with Gasteiger partial charge in [0.2, 0.25) is 0 Å². The Hall–Kier alpha value is -1.36. The molecule has 1 unspecified atom stereocenters. The minimum Gasteiger partial charge on any atom is -0.388 e. The maximum atomic E-state index is 11.7. The third kappa shape index (κ3) is 1.87. The second-order valence-corrected chi connectivity index (χ2v) is 4.34. The Morgan fingerprint density at radius 3 is 2.93 bits per heavy atom. The summed E-state index contributed by atoms with van der Waals surface area (Å²) in [5.41, 5.74) is -0.821. The standard InChI is InChI=1S/C10H15N3O2/c1-10(15)3-5-13(7-10)8-9(14)12(2)6-4-11-8/h4,6,15H,3,5,7H2,1-2H3. The van der Waals surface area contributed by atoms with E-state index in [2.05, 4.69) is 4.98 Å². The summed E-state index contributed by atoms with van der Waals surface area (Å²) in [5, 5.41) is 9.81. The first-order valence-electron chi connectivity index (χ1n) is 4.99. The Morgan fingerprint density at radius 1 is 1.60 bits per heavy atom. The number of hydrogen-bond donors (Lipinski definition) is 1. The second-order valence-electron chi connectivity index (χ2n) is 4.34. The molecule has 0 amide bonds. The van der Waals surface area contributed by atoms with Crippen LogP contribution in [0.25, 0.3) is 0 Å². The minimum absolute atomic E-state index is 0.116. The van der Waals surface area contributed by atoms with E-state index in [1.807, 2.05) is 4.90 Å². The van der Waals surface area contributed by atoms with Crippen LogP contribution in [0, 0.1) is 0 Å². The highest BCUT2D eigenvalue weighted by Gasteiger charge is 2.33. The zero-order valence-electron chi connectivity index (χ0n) is 8.97.